The third kappa shape index (κ3) is 4.02. The summed E-state index contributed by atoms with van der Waals surface area (Å²) in [6, 6.07) is 3.48. The molecule has 0 unspecified atom stereocenters. The normalized spacial score (nSPS) is 19.7. The molecule has 4 rings (SSSR count). The zero-order chi connectivity index (χ0) is 20.6. The summed E-state index contributed by atoms with van der Waals surface area (Å²) in [6.07, 6.45) is 2.48. The van der Waals surface area contributed by atoms with Crippen LogP contribution in [0.15, 0.2) is 12.1 Å². The molecule has 0 radical (unpaired) electrons. The quantitative estimate of drug-likeness (QED) is 0.778. The lowest BCUT2D eigenvalue weighted by molar-refractivity contribution is -0.146. The van der Waals surface area contributed by atoms with Gasteiger partial charge in [0, 0.05) is 32.1 Å². The molecule has 0 bridgehead atoms. The highest BCUT2D eigenvalue weighted by Gasteiger charge is 2.38. The van der Waals surface area contributed by atoms with Crippen LogP contribution in [0.5, 0.6) is 0 Å². The van der Waals surface area contributed by atoms with E-state index in [0.29, 0.717) is 37.8 Å². The number of amides is 1. The van der Waals surface area contributed by atoms with Crippen molar-refractivity contribution in [3.05, 3.63) is 18.0 Å². The molecule has 1 saturated heterocycles. The first-order chi connectivity index (χ1) is 13.8. The van der Waals surface area contributed by atoms with E-state index in [4.69, 9.17) is 0 Å². The van der Waals surface area contributed by atoms with Gasteiger partial charge in [-0.05, 0) is 37.8 Å². The highest BCUT2D eigenvalue weighted by atomic mass is 19.4. The van der Waals surface area contributed by atoms with Crippen LogP contribution in [-0.4, -0.2) is 56.8 Å². The van der Waals surface area contributed by atoms with E-state index in [1.165, 1.54) is 25.3 Å². The molecule has 158 valence electrons. The summed E-state index contributed by atoms with van der Waals surface area (Å²) in [5, 5.41) is 10.8. The Bertz CT molecular complexity index is 868. The number of halogens is 3. The highest BCUT2D eigenvalue weighted by molar-refractivity contribution is 5.79. The maximum atomic E-state index is 13.1. The monoisotopic (exact) mass is 410 g/mol. The van der Waals surface area contributed by atoms with Gasteiger partial charge in [-0.1, -0.05) is 19.3 Å². The summed E-state index contributed by atoms with van der Waals surface area (Å²) < 4.78 is 40.0. The number of nitrogens with zero attached hydrogens (tertiary/aromatic N) is 6. The first-order valence-corrected chi connectivity index (χ1v) is 10.2. The first-order valence-electron chi connectivity index (χ1n) is 10.2. The van der Waals surface area contributed by atoms with E-state index in [1.807, 2.05) is 16.8 Å². The number of piperidine rings is 1. The fourth-order valence-corrected chi connectivity index (χ4v) is 4.42. The molecule has 10 heteroatoms. The van der Waals surface area contributed by atoms with Crippen LogP contribution >= 0.6 is 0 Å². The number of rotatable bonds is 3. The number of hydrogen-bond acceptors (Lipinski definition) is 5. The van der Waals surface area contributed by atoms with E-state index >= 15 is 0 Å². The van der Waals surface area contributed by atoms with Crippen molar-refractivity contribution in [2.45, 2.75) is 57.2 Å². The van der Waals surface area contributed by atoms with E-state index in [1.54, 1.807) is 6.07 Å². The molecule has 0 atom stereocenters. The van der Waals surface area contributed by atoms with Crippen molar-refractivity contribution in [2.75, 3.05) is 25.0 Å². The van der Waals surface area contributed by atoms with Gasteiger partial charge in [-0.15, -0.1) is 15.3 Å². The molecule has 1 amide bonds. The van der Waals surface area contributed by atoms with Crippen LogP contribution < -0.4 is 4.90 Å². The summed E-state index contributed by atoms with van der Waals surface area (Å²) >= 11 is 0. The molecular weight excluding hydrogens is 385 g/mol. The van der Waals surface area contributed by atoms with Crippen molar-refractivity contribution in [2.24, 2.45) is 5.92 Å². The van der Waals surface area contributed by atoms with Crippen molar-refractivity contribution >= 4 is 17.4 Å². The van der Waals surface area contributed by atoms with Crippen LogP contribution in [0.1, 0.15) is 50.8 Å². The minimum Gasteiger partial charge on any atom is -0.355 e. The molecule has 2 aromatic rings. The molecule has 2 fully saturated rings. The van der Waals surface area contributed by atoms with Gasteiger partial charge in [-0.2, -0.15) is 17.7 Å². The lowest BCUT2D eigenvalue weighted by Gasteiger charge is -2.37. The average Bonchev–Trinajstić information content (AvgIpc) is 3.17. The minimum atomic E-state index is -4.62. The number of aromatic nitrogens is 4. The molecule has 3 heterocycles. The van der Waals surface area contributed by atoms with Gasteiger partial charge in [-0.3, -0.25) is 4.79 Å². The van der Waals surface area contributed by atoms with Crippen molar-refractivity contribution in [3.63, 3.8) is 0 Å². The lowest BCUT2D eigenvalue weighted by Crippen LogP contribution is -2.45. The molecule has 2 aromatic heterocycles. The number of carbonyl (C=O) groups excluding carboxylic acids is 1. The SMILES string of the molecule is CN(C(=O)C1CCN(c2ccc3nnc(C(F)(F)F)n3n2)CC1)C1CCCCC1. The zero-order valence-corrected chi connectivity index (χ0v) is 16.4. The van der Waals surface area contributed by atoms with Crippen LogP contribution in [0.4, 0.5) is 19.0 Å². The number of fused-ring (bicyclic) bond motifs is 1. The van der Waals surface area contributed by atoms with Crippen LogP contribution in [0.2, 0.25) is 0 Å². The van der Waals surface area contributed by atoms with Gasteiger partial charge in [0.25, 0.3) is 5.82 Å². The van der Waals surface area contributed by atoms with E-state index in [0.717, 1.165) is 17.4 Å². The van der Waals surface area contributed by atoms with Crippen molar-refractivity contribution in [3.8, 4) is 0 Å². The van der Waals surface area contributed by atoms with E-state index in [2.05, 4.69) is 15.3 Å². The van der Waals surface area contributed by atoms with E-state index < -0.39 is 12.0 Å². The third-order valence-corrected chi connectivity index (χ3v) is 6.14. The molecule has 0 spiro atoms. The Morgan fingerprint density at radius 2 is 1.76 bits per heavy atom. The smallest absolute Gasteiger partial charge is 0.355 e. The molecule has 7 nitrogen and oxygen atoms in total. The molecule has 0 N–H and O–H groups in total. The van der Waals surface area contributed by atoms with Crippen LogP contribution in [0.3, 0.4) is 0 Å². The number of alkyl halides is 3. The fraction of sp³-hybridized carbons (Fsp3) is 0.684. The number of carbonyl (C=O) groups is 1. The van der Waals surface area contributed by atoms with Crippen molar-refractivity contribution in [1.29, 1.82) is 0 Å². The Balaban J connectivity index is 1.42. The summed E-state index contributed by atoms with van der Waals surface area (Å²) in [7, 11) is 1.91. The second kappa shape index (κ2) is 7.79. The van der Waals surface area contributed by atoms with Crippen LogP contribution in [0.25, 0.3) is 5.65 Å². The Hall–Kier alpha value is -2.39. The van der Waals surface area contributed by atoms with Gasteiger partial charge in [0.1, 0.15) is 5.82 Å². The average molecular weight is 410 g/mol. The Morgan fingerprint density at radius 1 is 1.07 bits per heavy atom. The summed E-state index contributed by atoms with van der Waals surface area (Å²) in [6.45, 7) is 1.16. The van der Waals surface area contributed by atoms with Crippen LogP contribution in [0, 0.1) is 5.92 Å². The van der Waals surface area contributed by atoms with Gasteiger partial charge in [0.15, 0.2) is 5.65 Å². The molecule has 1 aliphatic heterocycles. The van der Waals surface area contributed by atoms with Crippen molar-refractivity contribution in [1.82, 2.24) is 24.7 Å². The largest absolute Gasteiger partial charge is 0.453 e. The summed E-state index contributed by atoms with van der Waals surface area (Å²) in [5.41, 5.74) is 0.0558. The van der Waals surface area contributed by atoms with Crippen LogP contribution in [-0.2, 0) is 11.0 Å². The lowest BCUT2D eigenvalue weighted by atomic mass is 9.91. The molecule has 1 saturated carbocycles. The van der Waals surface area contributed by atoms with E-state index in [-0.39, 0.29) is 17.5 Å². The standard InChI is InChI=1S/C19H25F3N6O/c1-26(14-5-3-2-4-6-14)17(29)13-9-11-27(12-10-13)16-8-7-15-23-24-18(19(20,21)22)28(15)25-16/h7-8,13-14H,2-6,9-12H2,1H3. The van der Waals surface area contributed by atoms with Gasteiger partial charge in [0.05, 0.1) is 0 Å². The third-order valence-electron chi connectivity index (χ3n) is 6.14. The molecule has 1 aliphatic carbocycles. The summed E-state index contributed by atoms with van der Waals surface area (Å²) in [4.78, 5) is 16.7. The van der Waals surface area contributed by atoms with Gasteiger partial charge < -0.3 is 9.80 Å². The molecular formula is C19H25F3N6O. The molecule has 2 aliphatic rings. The maximum Gasteiger partial charge on any atom is 0.453 e. The number of hydrogen-bond donors (Lipinski definition) is 0. The zero-order valence-electron chi connectivity index (χ0n) is 16.4. The second-order valence-electron chi connectivity index (χ2n) is 7.99. The first kappa shape index (κ1) is 19.9. The molecule has 29 heavy (non-hydrogen) atoms. The topological polar surface area (TPSA) is 66.6 Å². The van der Waals surface area contributed by atoms with E-state index in [9.17, 15) is 18.0 Å². The maximum absolute atomic E-state index is 13.1. The summed E-state index contributed by atoms with van der Waals surface area (Å²) in [5.74, 6) is -0.538. The predicted octanol–water partition coefficient (Wildman–Crippen LogP) is 3.15. The second-order valence-corrected chi connectivity index (χ2v) is 7.99. The predicted molar refractivity (Wildman–Crippen MR) is 100 cm³/mol. The number of anilines is 1. The molecule has 0 aromatic carbocycles. The Morgan fingerprint density at radius 3 is 2.41 bits per heavy atom. The van der Waals surface area contributed by atoms with Crippen molar-refractivity contribution < 1.29 is 18.0 Å². The van der Waals surface area contributed by atoms with Gasteiger partial charge in [0.2, 0.25) is 5.91 Å². The minimum absolute atomic E-state index is 0.0393. The Labute approximate surface area is 166 Å². The van der Waals surface area contributed by atoms with Gasteiger partial charge in [-0.25, -0.2) is 0 Å². The highest BCUT2D eigenvalue weighted by Crippen LogP contribution is 2.29. The Kier molecular flexibility index (Phi) is 5.35. The van der Waals surface area contributed by atoms with Gasteiger partial charge >= 0.3 is 6.18 Å². The fourth-order valence-electron chi connectivity index (χ4n) is 4.42.